The van der Waals surface area contributed by atoms with Gasteiger partial charge in [0.15, 0.2) is 5.82 Å². The second kappa shape index (κ2) is 6.87. The highest BCUT2D eigenvalue weighted by molar-refractivity contribution is 5.75. The summed E-state index contributed by atoms with van der Waals surface area (Å²) in [6.45, 7) is 2.37. The molecule has 0 saturated heterocycles. The van der Waals surface area contributed by atoms with Gasteiger partial charge in [0.25, 0.3) is 0 Å². The van der Waals surface area contributed by atoms with Gasteiger partial charge in [-0.3, -0.25) is 14.3 Å². The first-order chi connectivity index (χ1) is 11.3. The Labute approximate surface area is 135 Å². The van der Waals surface area contributed by atoms with Crippen LogP contribution >= 0.6 is 0 Å². The maximum Gasteiger partial charge on any atom is 0.219 e. The van der Waals surface area contributed by atoms with Crippen LogP contribution in [0.15, 0.2) is 61.1 Å². The Morgan fingerprint density at radius 1 is 1.13 bits per heavy atom. The zero-order chi connectivity index (χ0) is 16.1. The van der Waals surface area contributed by atoms with Gasteiger partial charge in [0, 0.05) is 37.2 Å². The highest BCUT2D eigenvalue weighted by atomic mass is 16.1. The SMILES string of the molecule is CCC(=O)NCc1cccc(-n2ccnc2-c2ccccn2)c1. The van der Waals surface area contributed by atoms with Crippen LogP contribution in [0.2, 0.25) is 0 Å². The van der Waals surface area contributed by atoms with Crippen molar-refractivity contribution >= 4 is 5.91 Å². The largest absolute Gasteiger partial charge is 0.352 e. The molecule has 0 spiro atoms. The quantitative estimate of drug-likeness (QED) is 0.788. The van der Waals surface area contributed by atoms with Crippen molar-refractivity contribution in [1.29, 1.82) is 0 Å². The van der Waals surface area contributed by atoms with E-state index in [2.05, 4.69) is 15.3 Å². The first kappa shape index (κ1) is 15.0. The summed E-state index contributed by atoms with van der Waals surface area (Å²) < 4.78 is 1.99. The van der Waals surface area contributed by atoms with Gasteiger partial charge >= 0.3 is 0 Å². The van der Waals surface area contributed by atoms with Crippen LogP contribution in [0.1, 0.15) is 18.9 Å². The first-order valence-electron chi connectivity index (χ1n) is 7.58. The van der Waals surface area contributed by atoms with Crippen molar-refractivity contribution in [3.05, 3.63) is 66.6 Å². The number of nitrogens with zero attached hydrogens (tertiary/aromatic N) is 3. The van der Waals surface area contributed by atoms with Crippen molar-refractivity contribution in [2.45, 2.75) is 19.9 Å². The molecule has 3 rings (SSSR count). The molecule has 0 aliphatic carbocycles. The Kier molecular flexibility index (Phi) is 4.47. The van der Waals surface area contributed by atoms with Gasteiger partial charge < -0.3 is 5.32 Å². The number of benzene rings is 1. The highest BCUT2D eigenvalue weighted by Gasteiger charge is 2.09. The van der Waals surface area contributed by atoms with E-state index in [4.69, 9.17) is 0 Å². The van der Waals surface area contributed by atoms with Crippen molar-refractivity contribution in [2.24, 2.45) is 0 Å². The summed E-state index contributed by atoms with van der Waals surface area (Å²) in [7, 11) is 0. The summed E-state index contributed by atoms with van der Waals surface area (Å²) in [5.74, 6) is 0.840. The van der Waals surface area contributed by atoms with Crippen LogP contribution in [0.25, 0.3) is 17.2 Å². The molecule has 0 saturated carbocycles. The van der Waals surface area contributed by atoms with Crippen LogP contribution in [-0.4, -0.2) is 20.4 Å². The lowest BCUT2D eigenvalue weighted by molar-refractivity contribution is -0.120. The van der Waals surface area contributed by atoms with E-state index in [0.29, 0.717) is 13.0 Å². The molecule has 23 heavy (non-hydrogen) atoms. The van der Waals surface area contributed by atoms with Crippen LogP contribution in [0.5, 0.6) is 0 Å². The summed E-state index contributed by atoms with van der Waals surface area (Å²) in [5.41, 5.74) is 2.86. The lowest BCUT2D eigenvalue weighted by atomic mass is 10.2. The zero-order valence-electron chi connectivity index (χ0n) is 12.9. The first-order valence-corrected chi connectivity index (χ1v) is 7.58. The van der Waals surface area contributed by atoms with E-state index in [0.717, 1.165) is 22.8 Å². The highest BCUT2D eigenvalue weighted by Crippen LogP contribution is 2.20. The number of hydrogen-bond acceptors (Lipinski definition) is 3. The molecule has 116 valence electrons. The minimum atomic E-state index is 0.0483. The van der Waals surface area contributed by atoms with Crippen LogP contribution in [0.4, 0.5) is 0 Å². The Hall–Kier alpha value is -2.95. The van der Waals surface area contributed by atoms with E-state index >= 15 is 0 Å². The maximum atomic E-state index is 11.4. The molecule has 3 aromatic rings. The topological polar surface area (TPSA) is 59.8 Å². The Morgan fingerprint density at radius 3 is 2.83 bits per heavy atom. The second-order valence-corrected chi connectivity index (χ2v) is 5.14. The molecule has 2 heterocycles. The molecule has 0 aliphatic rings. The fourth-order valence-corrected chi connectivity index (χ4v) is 2.34. The molecule has 0 atom stereocenters. The molecule has 1 N–H and O–H groups in total. The molecule has 5 nitrogen and oxygen atoms in total. The minimum absolute atomic E-state index is 0.0483. The second-order valence-electron chi connectivity index (χ2n) is 5.14. The van der Waals surface area contributed by atoms with Crippen molar-refractivity contribution in [3.8, 4) is 17.2 Å². The lowest BCUT2D eigenvalue weighted by Crippen LogP contribution is -2.21. The molecule has 1 amide bonds. The monoisotopic (exact) mass is 306 g/mol. The van der Waals surface area contributed by atoms with E-state index in [-0.39, 0.29) is 5.91 Å². The Morgan fingerprint density at radius 2 is 2.04 bits per heavy atom. The van der Waals surface area contributed by atoms with Crippen molar-refractivity contribution < 1.29 is 4.79 Å². The van der Waals surface area contributed by atoms with Crippen molar-refractivity contribution in [1.82, 2.24) is 19.9 Å². The van der Waals surface area contributed by atoms with Gasteiger partial charge in [-0.15, -0.1) is 0 Å². The van der Waals surface area contributed by atoms with E-state index in [1.54, 1.807) is 12.4 Å². The molecular formula is C18H18N4O. The van der Waals surface area contributed by atoms with Gasteiger partial charge in [-0.25, -0.2) is 4.98 Å². The molecule has 0 unspecified atom stereocenters. The number of carbonyl (C=O) groups is 1. The summed E-state index contributed by atoms with van der Waals surface area (Å²) in [6, 6.07) is 13.8. The summed E-state index contributed by atoms with van der Waals surface area (Å²) in [4.78, 5) is 20.2. The van der Waals surface area contributed by atoms with Gasteiger partial charge in [-0.05, 0) is 29.8 Å². The Balaban J connectivity index is 1.89. The summed E-state index contributed by atoms with van der Waals surface area (Å²) in [5, 5.41) is 2.89. The maximum absolute atomic E-state index is 11.4. The summed E-state index contributed by atoms with van der Waals surface area (Å²) >= 11 is 0. The predicted octanol–water partition coefficient (Wildman–Crippen LogP) is 2.96. The number of carbonyl (C=O) groups excluding carboxylic acids is 1. The number of amides is 1. The average molecular weight is 306 g/mol. The van der Waals surface area contributed by atoms with Crippen molar-refractivity contribution in [2.75, 3.05) is 0 Å². The molecular weight excluding hydrogens is 288 g/mol. The van der Waals surface area contributed by atoms with Crippen LogP contribution in [-0.2, 0) is 11.3 Å². The van der Waals surface area contributed by atoms with E-state index in [1.807, 2.05) is 60.2 Å². The van der Waals surface area contributed by atoms with Crippen LogP contribution < -0.4 is 5.32 Å². The fourth-order valence-electron chi connectivity index (χ4n) is 2.34. The van der Waals surface area contributed by atoms with Gasteiger partial charge in [0.05, 0.1) is 0 Å². The lowest BCUT2D eigenvalue weighted by Gasteiger charge is -2.10. The zero-order valence-corrected chi connectivity index (χ0v) is 12.9. The normalized spacial score (nSPS) is 10.5. The molecule has 0 radical (unpaired) electrons. The van der Waals surface area contributed by atoms with Gasteiger partial charge in [0.1, 0.15) is 5.69 Å². The predicted molar refractivity (Wildman–Crippen MR) is 88.9 cm³/mol. The molecule has 1 aromatic carbocycles. The van der Waals surface area contributed by atoms with Gasteiger partial charge in [-0.1, -0.05) is 25.1 Å². The molecule has 2 aromatic heterocycles. The molecule has 5 heteroatoms. The third-order valence-corrected chi connectivity index (χ3v) is 3.53. The van der Waals surface area contributed by atoms with Gasteiger partial charge in [0.2, 0.25) is 5.91 Å². The summed E-state index contributed by atoms with van der Waals surface area (Å²) in [6.07, 6.45) is 5.92. The van der Waals surface area contributed by atoms with E-state index in [9.17, 15) is 4.79 Å². The van der Waals surface area contributed by atoms with E-state index in [1.165, 1.54) is 0 Å². The molecule has 0 bridgehead atoms. The average Bonchev–Trinajstić information content (AvgIpc) is 3.10. The smallest absolute Gasteiger partial charge is 0.219 e. The number of pyridine rings is 1. The number of hydrogen-bond donors (Lipinski definition) is 1. The third kappa shape index (κ3) is 3.45. The number of aromatic nitrogens is 3. The number of imidazole rings is 1. The molecule has 0 aliphatic heterocycles. The van der Waals surface area contributed by atoms with Crippen molar-refractivity contribution in [3.63, 3.8) is 0 Å². The number of nitrogens with one attached hydrogen (secondary N) is 1. The standard InChI is InChI=1S/C18H18N4O/c1-2-17(23)21-13-14-6-5-7-15(12-14)22-11-10-20-18(22)16-8-3-4-9-19-16/h3-12H,2,13H2,1H3,(H,21,23). The van der Waals surface area contributed by atoms with Crippen LogP contribution in [0, 0.1) is 0 Å². The van der Waals surface area contributed by atoms with E-state index < -0.39 is 0 Å². The fraction of sp³-hybridized carbons (Fsp3) is 0.167. The third-order valence-electron chi connectivity index (χ3n) is 3.53. The Bertz CT molecular complexity index is 796. The number of rotatable bonds is 5. The minimum Gasteiger partial charge on any atom is -0.352 e. The molecule has 0 fully saturated rings. The van der Waals surface area contributed by atoms with Gasteiger partial charge in [-0.2, -0.15) is 0 Å². The van der Waals surface area contributed by atoms with Crippen LogP contribution in [0.3, 0.4) is 0 Å².